The maximum atomic E-state index is 12.7. The number of aliphatic hydroxyl groups is 1. The van der Waals surface area contributed by atoms with Gasteiger partial charge in [0.25, 0.3) is 0 Å². The Morgan fingerprint density at radius 2 is 0.868 bits per heavy atom. The number of benzene rings is 4. The summed E-state index contributed by atoms with van der Waals surface area (Å²) in [6.07, 6.45) is -0.182. The van der Waals surface area contributed by atoms with Gasteiger partial charge < -0.3 is 14.9 Å². The molecule has 0 unspecified atom stereocenters. The van der Waals surface area contributed by atoms with Crippen LogP contribution in [-0.4, -0.2) is 44.9 Å². The van der Waals surface area contributed by atoms with Crippen LogP contribution in [0.15, 0.2) is 97.1 Å². The summed E-state index contributed by atoms with van der Waals surface area (Å²) in [5, 5.41) is 10.9. The number of carbonyl (C=O) groups is 2. The molecular formula is C33H34N2O3. The topological polar surface area (TPSA) is 60.9 Å². The number of hydrogen-bond donors (Lipinski definition) is 1. The van der Waals surface area contributed by atoms with E-state index in [0.29, 0.717) is 24.0 Å². The number of nitrogens with zero attached hydrogens (tertiary/aromatic N) is 2. The number of hydrogen-bond acceptors (Lipinski definition) is 5. The van der Waals surface area contributed by atoms with Crippen molar-refractivity contribution in [1.29, 1.82) is 0 Å². The molecule has 5 nitrogen and oxygen atoms in total. The van der Waals surface area contributed by atoms with Crippen LogP contribution in [0.3, 0.4) is 0 Å². The van der Waals surface area contributed by atoms with E-state index in [0.717, 1.165) is 33.6 Å². The van der Waals surface area contributed by atoms with Gasteiger partial charge in [-0.2, -0.15) is 0 Å². The van der Waals surface area contributed by atoms with Crippen molar-refractivity contribution in [2.75, 3.05) is 38.0 Å². The molecule has 0 aliphatic carbocycles. The van der Waals surface area contributed by atoms with Crippen LogP contribution in [0.1, 0.15) is 49.1 Å². The molecule has 38 heavy (non-hydrogen) atoms. The highest BCUT2D eigenvalue weighted by atomic mass is 16.3. The van der Waals surface area contributed by atoms with E-state index in [2.05, 4.69) is 0 Å². The third-order valence-electron chi connectivity index (χ3n) is 6.73. The Morgan fingerprint density at radius 3 is 1.16 bits per heavy atom. The molecule has 0 saturated carbocycles. The first-order valence-corrected chi connectivity index (χ1v) is 12.7. The van der Waals surface area contributed by atoms with E-state index in [1.165, 1.54) is 0 Å². The van der Waals surface area contributed by atoms with E-state index in [-0.39, 0.29) is 11.6 Å². The van der Waals surface area contributed by atoms with E-state index in [1.54, 1.807) is 0 Å². The van der Waals surface area contributed by atoms with Crippen molar-refractivity contribution in [2.45, 2.75) is 18.9 Å². The SMILES string of the molecule is CN(C)c1ccc(C(=O)Cc2ccc(C(O)c3ccc(CC(=O)c4ccc(N(C)C)cc4)cc3)cc2)cc1. The summed E-state index contributed by atoms with van der Waals surface area (Å²) in [6.45, 7) is 0. The van der Waals surface area contributed by atoms with Gasteiger partial charge in [0.15, 0.2) is 11.6 Å². The lowest BCUT2D eigenvalue weighted by molar-refractivity contribution is 0.0985. The maximum absolute atomic E-state index is 12.7. The molecule has 0 aliphatic heterocycles. The molecule has 4 aromatic carbocycles. The molecule has 1 N–H and O–H groups in total. The van der Waals surface area contributed by atoms with Gasteiger partial charge in [-0.3, -0.25) is 9.59 Å². The zero-order valence-corrected chi connectivity index (χ0v) is 22.4. The van der Waals surface area contributed by atoms with Crippen LogP contribution in [0.5, 0.6) is 0 Å². The standard InChI is InChI=1S/C33H34N2O3/c1-34(2)29-17-13-25(14-18-29)31(36)21-23-5-9-27(10-6-23)33(38)28-11-7-24(8-12-28)22-32(37)26-15-19-30(20-16-26)35(3)4/h5-20,33,38H,21-22H2,1-4H3. The van der Waals surface area contributed by atoms with Crippen LogP contribution in [0.2, 0.25) is 0 Å². The highest BCUT2D eigenvalue weighted by Gasteiger charge is 2.13. The van der Waals surface area contributed by atoms with E-state index in [4.69, 9.17) is 0 Å². The minimum atomic E-state index is -0.790. The second-order valence-corrected chi connectivity index (χ2v) is 9.97. The molecule has 0 bridgehead atoms. The molecule has 0 atom stereocenters. The van der Waals surface area contributed by atoms with Gasteiger partial charge >= 0.3 is 0 Å². The third-order valence-corrected chi connectivity index (χ3v) is 6.73. The zero-order chi connectivity index (χ0) is 27.2. The molecule has 5 heteroatoms. The smallest absolute Gasteiger partial charge is 0.167 e. The van der Waals surface area contributed by atoms with Gasteiger partial charge in [-0.1, -0.05) is 48.5 Å². The number of anilines is 2. The quantitative estimate of drug-likeness (QED) is 0.278. The van der Waals surface area contributed by atoms with Crippen LogP contribution >= 0.6 is 0 Å². The van der Waals surface area contributed by atoms with Crippen molar-refractivity contribution in [3.05, 3.63) is 130 Å². The Hall–Kier alpha value is -4.22. The van der Waals surface area contributed by atoms with Gasteiger partial charge in [0.2, 0.25) is 0 Å². The van der Waals surface area contributed by atoms with Crippen molar-refractivity contribution in [3.8, 4) is 0 Å². The summed E-state index contributed by atoms with van der Waals surface area (Å²) in [5.41, 5.74) is 6.77. The normalized spacial score (nSPS) is 10.9. The van der Waals surface area contributed by atoms with E-state index in [9.17, 15) is 14.7 Å². The summed E-state index contributed by atoms with van der Waals surface area (Å²) in [6, 6.07) is 30.2. The molecule has 4 rings (SSSR count). The molecule has 0 heterocycles. The van der Waals surface area contributed by atoms with Gasteiger partial charge in [-0.05, 0) is 70.8 Å². The van der Waals surface area contributed by atoms with Gasteiger partial charge in [0.05, 0.1) is 0 Å². The van der Waals surface area contributed by atoms with Crippen molar-refractivity contribution in [3.63, 3.8) is 0 Å². The molecule has 0 amide bonds. The van der Waals surface area contributed by atoms with Gasteiger partial charge in [-0.25, -0.2) is 0 Å². The minimum absolute atomic E-state index is 0.0578. The summed E-state index contributed by atoms with van der Waals surface area (Å²) in [7, 11) is 7.87. The van der Waals surface area contributed by atoms with E-state index >= 15 is 0 Å². The fourth-order valence-corrected chi connectivity index (χ4v) is 4.29. The molecule has 194 valence electrons. The molecule has 0 radical (unpaired) electrons. The second kappa shape index (κ2) is 11.9. The van der Waals surface area contributed by atoms with Crippen molar-refractivity contribution < 1.29 is 14.7 Å². The molecule has 0 saturated heterocycles. The Balaban J connectivity index is 1.35. The van der Waals surface area contributed by atoms with Crippen LogP contribution in [0.25, 0.3) is 0 Å². The van der Waals surface area contributed by atoms with Gasteiger partial charge in [0, 0.05) is 63.5 Å². The lowest BCUT2D eigenvalue weighted by Crippen LogP contribution is -2.09. The Labute approximate surface area is 225 Å². The second-order valence-electron chi connectivity index (χ2n) is 9.97. The number of Topliss-reactive ketones (excluding diaryl/α,β-unsaturated/α-hetero) is 2. The van der Waals surface area contributed by atoms with Crippen molar-refractivity contribution in [2.24, 2.45) is 0 Å². The zero-order valence-electron chi connectivity index (χ0n) is 22.4. The molecule has 4 aromatic rings. The fraction of sp³-hybridized carbons (Fsp3) is 0.212. The summed E-state index contributed by atoms with van der Waals surface area (Å²) >= 11 is 0. The summed E-state index contributed by atoms with van der Waals surface area (Å²) in [4.78, 5) is 29.4. The van der Waals surface area contributed by atoms with E-state index < -0.39 is 6.10 Å². The largest absolute Gasteiger partial charge is 0.384 e. The summed E-state index contributed by atoms with van der Waals surface area (Å²) in [5.74, 6) is 0.116. The number of aliphatic hydroxyl groups excluding tert-OH is 1. The Kier molecular flexibility index (Phi) is 8.39. The lowest BCUT2D eigenvalue weighted by Gasteiger charge is -2.14. The fourth-order valence-electron chi connectivity index (χ4n) is 4.29. The average Bonchev–Trinajstić information content (AvgIpc) is 2.93. The van der Waals surface area contributed by atoms with E-state index in [1.807, 2.05) is 135 Å². The summed E-state index contributed by atoms with van der Waals surface area (Å²) < 4.78 is 0. The molecular weight excluding hydrogens is 472 g/mol. The van der Waals surface area contributed by atoms with Crippen LogP contribution in [0.4, 0.5) is 11.4 Å². The van der Waals surface area contributed by atoms with Gasteiger partial charge in [-0.15, -0.1) is 0 Å². The number of carbonyl (C=O) groups excluding carboxylic acids is 2. The minimum Gasteiger partial charge on any atom is -0.384 e. The first-order valence-electron chi connectivity index (χ1n) is 12.7. The average molecular weight is 507 g/mol. The lowest BCUT2D eigenvalue weighted by atomic mass is 9.96. The molecule has 0 aliphatic rings. The first kappa shape index (κ1) is 26.8. The molecule has 0 spiro atoms. The van der Waals surface area contributed by atoms with Crippen LogP contribution < -0.4 is 9.80 Å². The first-order chi connectivity index (χ1) is 18.2. The van der Waals surface area contributed by atoms with Crippen LogP contribution in [0, 0.1) is 0 Å². The Morgan fingerprint density at radius 1 is 0.553 bits per heavy atom. The van der Waals surface area contributed by atoms with Crippen molar-refractivity contribution >= 4 is 22.9 Å². The third kappa shape index (κ3) is 6.55. The Bertz CT molecular complexity index is 1260. The highest BCUT2D eigenvalue weighted by Crippen LogP contribution is 2.24. The number of rotatable bonds is 10. The predicted octanol–water partition coefficient (Wildman–Crippen LogP) is 5.75. The van der Waals surface area contributed by atoms with Gasteiger partial charge in [0.1, 0.15) is 6.10 Å². The van der Waals surface area contributed by atoms with Crippen LogP contribution in [-0.2, 0) is 12.8 Å². The number of ketones is 2. The molecule has 0 aromatic heterocycles. The molecule has 0 fully saturated rings. The van der Waals surface area contributed by atoms with Crippen molar-refractivity contribution in [1.82, 2.24) is 0 Å². The highest BCUT2D eigenvalue weighted by molar-refractivity contribution is 5.98. The predicted molar refractivity (Wildman–Crippen MR) is 155 cm³/mol. The monoisotopic (exact) mass is 506 g/mol. The maximum Gasteiger partial charge on any atom is 0.167 e.